The first-order valence-electron chi connectivity index (χ1n) is 9.72. The lowest BCUT2D eigenvalue weighted by Crippen LogP contribution is -2.29. The number of methoxy groups -OCH3 is 1. The van der Waals surface area contributed by atoms with E-state index in [1.165, 1.54) is 29.9 Å². The standard InChI is InChI=1S/C23H24N2O6/c1-14-11-20(28)22(17(13-21(29)31-2)16-5-8-24-9-6-16)23(30)25(14)10-7-15-3-4-18(26)19(27)12-15/h3-6,8-9,11-12,17,26-28H,7,10,13H2,1-2H3/t17-/m1/s1. The monoisotopic (exact) mass is 424 g/mol. The van der Waals surface area contributed by atoms with E-state index in [9.17, 15) is 24.9 Å². The number of pyridine rings is 2. The van der Waals surface area contributed by atoms with Gasteiger partial charge in [-0.05, 0) is 54.8 Å². The Balaban J connectivity index is 2.02. The first-order valence-corrected chi connectivity index (χ1v) is 9.72. The van der Waals surface area contributed by atoms with Crippen molar-refractivity contribution in [2.45, 2.75) is 32.2 Å². The predicted octanol–water partition coefficient (Wildman–Crippen LogP) is 2.61. The highest BCUT2D eigenvalue weighted by Gasteiger charge is 2.26. The lowest BCUT2D eigenvalue weighted by molar-refractivity contribution is -0.140. The lowest BCUT2D eigenvalue weighted by atomic mass is 9.89. The number of esters is 1. The van der Waals surface area contributed by atoms with E-state index in [1.54, 1.807) is 37.5 Å². The van der Waals surface area contributed by atoms with Crippen LogP contribution in [0.4, 0.5) is 0 Å². The van der Waals surface area contributed by atoms with Crippen molar-refractivity contribution in [3.8, 4) is 17.2 Å². The van der Waals surface area contributed by atoms with E-state index >= 15 is 0 Å². The Hall–Kier alpha value is -3.81. The molecule has 1 aromatic carbocycles. The zero-order chi connectivity index (χ0) is 22.5. The van der Waals surface area contributed by atoms with E-state index in [0.29, 0.717) is 17.7 Å². The number of aromatic nitrogens is 2. The summed E-state index contributed by atoms with van der Waals surface area (Å²) in [6.07, 6.45) is 3.41. The van der Waals surface area contributed by atoms with Crippen LogP contribution < -0.4 is 5.56 Å². The number of hydrogen-bond donors (Lipinski definition) is 3. The summed E-state index contributed by atoms with van der Waals surface area (Å²) in [5.74, 6) is -1.85. The molecule has 0 fully saturated rings. The zero-order valence-electron chi connectivity index (χ0n) is 17.3. The molecule has 0 aliphatic carbocycles. The van der Waals surface area contributed by atoms with E-state index in [2.05, 4.69) is 4.98 Å². The van der Waals surface area contributed by atoms with E-state index in [1.807, 2.05) is 0 Å². The molecule has 3 rings (SSSR count). The number of nitrogens with zero attached hydrogens (tertiary/aromatic N) is 2. The molecule has 0 amide bonds. The smallest absolute Gasteiger partial charge is 0.306 e. The van der Waals surface area contributed by atoms with Crippen molar-refractivity contribution in [1.82, 2.24) is 9.55 Å². The molecule has 0 saturated heterocycles. The lowest BCUT2D eigenvalue weighted by Gasteiger charge is -2.20. The summed E-state index contributed by atoms with van der Waals surface area (Å²) in [5.41, 5.74) is 1.64. The molecule has 0 saturated carbocycles. The predicted molar refractivity (Wildman–Crippen MR) is 113 cm³/mol. The summed E-state index contributed by atoms with van der Waals surface area (Å²) < 4.78 is 6.31. The van der Waals surface area contributed by atoms with Crippen LogP contribution in [0.15, 0.2) is 53.6 Å². The summed E-state index contributed by atoms with van der Waals surface area (Å²) in [7, 11) is 1.27. The average Bonchev–Trinajstić information content (AvgIpc) is 2.75. The van der Waals surface area contributed by atoms with Crippen molar-refractivity contribution in [1.29, 1.82) is 0 Å². The molecule has 1 atom stereocenters. The van der Waals surface area contributed by atoms with E-state index in [4.69, 9.17) is 4.74 Å². The maximum atomic E-state index is 13.4. The number of hydrogen-bond acceptors (Lipinski definition) is 7. The Morgan fingerprint density at radius 1 is 1.06 bits per heavy atom. The molecule has 162 valence electrons. The third-order valence-corrected chi connectivity index (χ3v) is 5.24. The van der Waals surface area contributed by atoms with Gasteiger partial charge in [-0.3, -0.25) is 14.6 Å². The molecule has 3 aromatic rings. The van der Waals surface area contributed by atoms with Crippen LogP contribution in [0.2, 0.25) is 0 Å². The molecule has 8 nitrogen and oxygen atoms in total. The Labute approximate surface area is 179 Å². The molecule has 2 heterocycles. The number of carbonyl (C=O) groups is 1. The second kappa shape index (κ2) is 9.34. The van der Waals surface area contributed by atoms with Gasteiger partial charge in [0, 0.05) is 30.6 Å². The minimum absolute atomic E-state index is 0.107. The second-order valence-electron chi connectivity index (χ2n) is 7.23. The number of phenols is 2. The van der Waals surface area contributed by atoms with Crippen molar-refractivity contribution in [2.24, 2.45) is 0 Å². The maximum Gasteiger partial charge on any atom is 0.306 e. The number of phenolic OH excluding ortho intramolecular Hbond substituents is 2. The van der Waals surface area contributed by atoms with Gasteiger partial charge in [0.15, 0.2) is 11.5 Å². The van der Waals surface area contributed by atoms with Gasteiger partial charge in [-0.25, -0.2) is 0 Å². The van der Waals surface area contributed by atoms with Crippen molar-refractivity contribution < 1.29 is 24.9 Å². The molecule has 0 aliphatic rings. The van der Waals surface area contributed by atoms with Crippen molar-refractivity contribution >= 4 is 5.97 Å². The molecular weight excluding hydrogens is 400 g/mol. The molecule has 8 heteroatoms. The summed E-state index contributed by atoms with van der Waals surface area (Å²) >= 11 is 0. The SMILES string of the molecule is COC(=O)C[C@H](c1ccncc1)c1c(O)cc(C)n(CCc2ccc(O)c(O)c2)c1=O. The van der Waals surface area contributed by atoms with Crippen molar-refractivity contribution in [3.63, 3.8) is 0 Å². The topological polar surface area (TPSA) is 122 Å². The minimum Gasteiger partial charge on any atom is -0.507 e. The van der Waals surface area contributed by atoms with Gasteiger partial charge in [-0.1, -0.05) is 6.07 Å². The molecule has 0 bridgehead atoms. The normalized spacial score (nSPS) is 11.8. The van der Waals surface area contributed by atoms with Gasteiger partial charge in [-0.2, -0.15) is 0 Å². The molecule has 3 N–H and O–H groups in total. The molecule has 2 aromatic heterocycles. The summed E-state index contributed by atoms with van der Waals surface area (Å²) in [5, 5.41) is 29.8. The number of aryl methyl sites for hydroxylation is 2. The Kier molecular flexibility index (Phi) is 6.59. The fourth-order valence-electron chi connectivity index (χ4n) is 3.57. The van der Waals surface area contributed by atoms with Crippen LogP contribution >= 0.6 is 0 Å². The van der Waals surface area contributed by atoms with Crippen LogP contribution in [0, 0.1) is 6.92 Å². The van der Waals surface area contributed by atoms with Crippen LogP contribution in [0.5, 0.6) is 17.2 Å². The van der Waals surface area contributed by atoms with Gasteiger partial charge in [0.2, 0.25) is 0 Å². The number of ether oxygens (including phenoxy) is 1. The highest BCUT2D eigenvalue weighted by atomic mass is 16.5. The summed E-state index contributed by atoms with van der Waals surface area (Å²) in [6, 6.07) is 9.36. The van der Waals surface area contributed by atoms with E-state index in [-0.39, 0.29) is 35.8 Å². The summed E-state index contributed by atoms with van der Waals surface area (Å²) in [4.78, 5) is 29.4. The fraction of sp³-hybridized carbons (Fsp3) is 0.261. The molecule has 0 radical (unpaired) electrons. The third kappa shape index (κ3) is 4.85. The quantitative estimate of drug-likeness (QED) is 0.394. The number of benzene rings is 1. The number of aromatic hydroxyl groups is 3. The van der Waals surface area contributed by atoms with Crippen LogP contribution in [0.3, 0.4) is 0 Å². The third-order valence-electron chi connectivity index (χ3n) is 5.24. The molecule has 0 aliphatic heterocycles. The summed E-state index contributed by atoms with van der Waals surface area (Å²) in [6.45, 7) is 1.99. The first kappa shape index (κ1) is 21.9. The fourth-order valence-corrected chi connectivity index (χ4v) is 3.57. The van der Waals surface area contributed by atoms with Crippen LogP contribution in [-0.4, -0.2) is 37.9 Å². The molecule has 0 spiro atoms. The number of carbonyl (C=O) groups excluding carboxylic acids is 1. The van der Waals surface area contributed by atoms with Gasteiger partial charge in [0.1, 0.15) is 5.75 Å². The van der Waals surface area contributed by atoms with Crippen molar-refractivity contribution in [3.05, 3.63) is 81.5 Å². The minimum atomic E-state index is -0.701. The van der Waals surface area contributed by atoms with E-state index in [0.717, 1.165) is 5.56 Å². The molecule has 31 heavy (non-hydrogen) atoms. The Morgan fingerprint density at radius 3 is 2.42 bits per heavy atom. The maximum absolute atomic E-state index is 13.4. The zero-order valence-corrected chi connectivity index (χ0v) is 17.3. The average molecular weight is 424 g/mol. The van der Waals surface area contributed by atoms with Gasteiger partial charge in [0.25, 0.3) is 5.56 Å². The van der Waals surface area contributed by atoms with Gasteiger partial charge in [0.05, 0.1) is 19.1 Å². The van der Waals surface area contributed by atoms with Crippen LogP contribution in [-0.2, 0) is 22.5 Å². The highest BCUT2D eigenvalue weighted by molar-refractivity contribution is 5.71. The van der Waals surface area contributed by atoms with Crippen LogP contribution in [0.25, 0.3) is 0 Å². The number of rotatable bonds is 7. The molecular formula is C23H24N2O6. The van der Waals surface area contributed by atoms with Gasteiger partial charge < -0.3 is 24.6 Å². The Bertz CT molecular complexity index is 1140. The Morgan fingerprint density at radius 2 is 1.77 bits per heavy atom. The highest BCUT2D eigenvalue weighted by Crippen LogP contribution is 2.32. The van der Waals surface area contributed by atoms with Gasteiger partial charge >= 0.3 is 5.97 Å². The van der Waals surface area contributed by atoms with E-state index < -0.39 is 17.4 Å². The largest absolute Gasteiger partial charge is 0.507 e. The van der Waals surface area contributed by atoms with Gasteiger partial charge in [-0.15, -0.1) is 0 Å². The van der Waals surface area contributed by atoms with Crippen molar-refractivity contribution in [2.75, 3.05) is 7.11 Å². The molecule has 0 unspecified atom stereocenters. The first-order chi connectivity index (χ1) is 14.8. The van der Waals surface area contributed by atoms with Crippen LogP contribution in [0.1, 0.15) is 34.7 Å². The second-order valence-corrected chi connectivity index (χ2v) is 7.23.